The molecule has 2 heterocycles. The minimum atomic E-state index is 0. The summed E-state index contributed by atoms with van der Waals surface area (Å²) in [6.07, 6.45) is 2.80. The van der Waals surface area contributed by atoms with Gasteiger partial charge in [-0.3, -0.25) is 9.73 Å². The topological polar surface area (TPSA) is 35.5 Å². The third-order valence-corrected chi connectivity index (χ3v) is 2.11. The molecule has 5 radical (unpaired) electrons. The average Bonchev–Trinajstić information content (AvgIpc) is 2.66. The van der Waals surface area contributed by atoms with Crippen LogP contribution in [0, 0.1) is 13.3 Å². The standard InChI is InChI=1S/C9H7N4.5Y/c1-7-10-6-12-11-8-4-2-3-5-9(8)13(7)12;;;;;/h2-5H,1H3;;;;;/q-1;;;;;. The molecule has 0 unspecified atom stereocenters. The number of rotatable bonds is 0. The van der Waals surface area contributed by atoms with Gasteiger partial charge >= 0.3 is 0 Å². The largest absolute Gasteiger partial charge is 0.343 e. The average molecular weight is 616 g/mol. The number of hydrogen-bond donors (Lipinski definition) is 0. The van der Waals surface area contributed by atoms with Crippen molar-refractivity contribution >= 4 is 11.0 Å². The quantitative estimate of drug-likeness (QED) is 0.267. The second-order valence-electron chi connectivity index (χ2n) is 2.95. The van der Waals surface area contributed by atoms with Gasteiger partial charge in [0.05, 0.1) is 0 Å². The van der Waals surface area contributed by atoms with Gasteiger partial charge in [-0.1, -0.05) is 31.2 Å². The van der Waals surface area contributed by atoms with E-state index in [2.05, 4.69) is 16.4 Å². The van der Waals surface area contributed by atoms with E-state index in [1.54, 1.807) is 4.63 Å². The number of benzene rings is 1. The zero-order chi connectivity index (χ0) is 8.84. The Morgan fingerprint density at radius 2 is 1.72 bits per heavy atom. The summed E-state index contributed by atoms with van der Waals surface area (Å²) < 4.78 is 3.55. The van der Waals surface area contributed by atoms with Crippen molar-refractivity contribution in [2.24, 2.45) is 0 Å². The van der Waals surface area contributed by atoms with Crippen molar-refractivity contribution in [2.45, 2.75) is 6.92 Å². The van der Waals surface area contributed by atoms with Crippen LogP contribution in [0.5, 0.6) is 0 Å². The van der Waals surface area contributed by atoms with Crippen LogP contribution in [-0.2, 0) is 164 Å². The molecule has 3 rings (SSSR count). The fraction of sp³-hybridized carbons (Fsp3) is 0.111. The molecule has 18 heavy (non-hydrogen) atoms. The molecule has 3 aromatic rings. The first-order chi connectivity index (χ1) is 6.36. The predicted octanol–water partition coefficient (Wildman–Crippen LogP) is 0.126. The Kier molecular flexibility index (Phi) is 17.9. The van der Waals surface area contributed by atoms with E-state index in [0.29, 0.717) is 0 Å². The van der Waals surface area contributed by atoms with Crippen LogP contribution in [0.2, 0.25) is 0 Å². The van der Waals surface area contributed by atoms with Crippen molar-refractivity contribution in [3.63, 3.8) is 0 Å². The molecular formula is C9H7N4Y5-. The maximum absolute atomic E-state index is 4.30. The maximum atomic E-state index is 4.30. The molecule has 0 aliphatic rings. The minimum Gasteiger partial charge on any atom is -0.343 e. The van der Waals surface area contributed by atoms with Crippen molar-refractivity contribution < 1.29 is 168 Å². The summed E-state index contributed by atoms with van der Waals surface area (Å²) in [5.41, 5.74) is 2.03. The van der Waals surface area contributed by atoms with Gasteiger partial charge in [0.2, 0.25) is 0 Å². The zero-order valence-corrected chi connectivity index (χ0v) is 24.2. The van der Waals surface area contributed by atoms with Gasteiger partial charge in [0.15, 0.2) is 6.33 Å². The summed E-state index contributed by atoms with van der Waals surface area (Å²) in [5.74, 6) is 0.897. The molecule has 0 spiro atoms. The number of para-hydroxylation sites is 1. The van der Waals surface area contributed by atoms with Gasteiger partial charge in [0.1, 0.15) is 0 Å². The van der Waals surface area contributed by atoms with E-state index in [-0.39, 0.29) is 164 Å². The molecule has 9 heteroatoms. The number of hydrogen-bond acceptors (Lipinski definition) is 1. The number of aryl methyl sites for hydroxylation is 1. The molecule has 0 saturated heterocycles. The molecule has 1 aromatic carbocycles. The van der Waals surface area contributed by atoms with E-state index in [0.717, 1.165) is 16.9 Å². The van der Waals surface area contributed by atoms with Crippen LogP contribution in [-0.4, -0.2) is 9.50 Å². The first-order valence-electron chi connectivity index (χ1n) is 4.07. The van der Waals surface area contributed by atoms with Crippen molar-refractivity contribution in [2.75, 3.05) is 0 Å². The molecule has 0 aliphatic heterocycles. The summed E-state index contributed by atoms with van der Waals surface area (Å²) in [4.78, 5) is 4.04. The first kappa shape index (κ1) is 26.6. The molecular weight excluding hydrogens is 609 g/mol. The van der Waals surface area contributed by atoms with Gasteiger partial charge in [-0.05, 0) is 11.0 Å². The van der Waals surface area contributed by atoms with Crippen LogP contribution in [0.15, 0.2) is 24.3 Å². The molecule has 79 valence electrons. The van der Waals surface area contributed by atoms with Crippen LogP contribution < -0.4 is 9.73 Å². The Balaban J connectivity index is -0.000000450. The fourth-order valence-corrected chi connectivity index (χ4v) is 1.52. The molecule has 0 bridgehead atoms. The second-order valence-corrected chi connectivity index (χ2v) is 2.95. The van der Waals surface area contributed by atoms with E-state index in [9.17, 15) is 0 Å². The summed E-state index contributed by atoms with van der Waals surface area (Å²) in [6, 6.07) is 7.95. The molecule has 0 atom stereocenters. The van der Waals surface area contributed by atoms with Crippen LogP contribution in [0.1, 0.15) is 5.82 Å². The molecule has 0 N–H and O–H groups in total. The van der Waals surface area contributed by atoms with E-state index in [1.807, 2.05) is 35.7 Å². The maximum Gasteiger partial charge on any atom is 0.188 e. The van der Waals surface area contributed by atoms with Gasteiger partial charge in [0, 0.05) is 169 Å². The van der Waals surface area contributed by atoms with Crippen molar-refractivity contribution in [1.82, 2.24) is 14.6 Å². The van der Waals surface area contributed by atoms with E-state index in [1.165, 1.54) is 0 Å². The Bertz CT molecular complexity index is 591. The fourth-order valence-electron chi connectivity index (χ4n) is 1.52. The SMILES string of the molecule is Cc1n[c-][n+]2[n-]c3ccccc3n12.[Y].[Y].[Y].[Y].[Y]. The van der Waals surface area contributed by atoms with Gasteiger partial charge in [-0.15, -0.1) is 0 Å². The molecule has 4 nitrogen and oxygen atoms in total. The van der Waals surface area contributed by atoms with Crippen LogP contribution in [0.3, 0.4) is 0 Å². The normalized spacial score (nSPS) is 8.28. The molecule has 0 saturated carbocycles. The molecule has 2 aromatic heterocycles. The van der Waals surface area contributed by atoms with E-state index >= 15 is 0 Å². The predicted molar refractivity (Wildman–Crippen MR) is 45.2 cm³/mol. The van der Waals surface area contributed by atoms with Crippen LogP contribution in [0.25, 0.3) is 11.0 Å². The summed E-state index contributed by atoms with van der Waals surface area (Å²) >= 11 is 0. The smallest absolute Gasteiger partial charge is 0.188 e. The minimum absolute atomic E-state index is 0. The van der Waals surface area contributed by atoms with Crippen LogP contribution in [0.4, 0.5) is 0 Å². The van der Waals surface area contributed by atoms with Crippen LogP contribution >= 0.6 is 0 Å². The second kappa shape index (κ2) is 12.1. The summed E-state index contributed by atoms with van der Waals surface area (Å²) in [6.45, 7) is 1.94. The first-order valence-corrected chi connectivity index (χ1v) is 4.07. The Labute approximate surface area is 231 Å². The summed E-state index contributed by atoms with van der Waals surface area (Å²) in [5, 5.41) is 4.30. The van der Waals surface area contributed by atoms with E-state index in [4.69, 9.17) is 0 Å². The van der Waals surface area contributed by atoms with Crippen molar-refractivity contribution in [1.29, 1.82) is 0 Å². The number of nitrogens with zero attached hydrogens (tertiary/aromatic N) is 4. The number of aromatic nitrogens is 4. The molecule has 0 amide bonds. The molecule has 0 fully saturated rings. The zero-order valence-electron chi connectivity index (χ0n) is 9.99. The monoisotopic (exact) mass is 616 g/mol. The number of fused-ring (bicyclic) bond motifs is 3. The van der Waals surface area contributed by atoms with Gasteiger partial charge < -0.3 is 4.52 Å². The Hall–Kier alpha value is 3.68. The van der Waals surface area contributed by atoms with Gasteiger partial charge in [-0.25, -0.2) is 4.98 Å². The van der Waals surface area contributed by atoms with Crippen molar-refractivity contribution in [3.05, 3.63) is 36.4 Å². The van der Waals surface area contributed by atoms with Gasteiger partial charge in [0.25, 0.3) is 0 Å². The van der Waals surface area contributed by atoms with Crippen molar-refractivity contribution in [3.8, 4) is 0 Å². The Morgan fingerprint density at radius 1 is 1.11 bits per heavy atom. The van der Waals surface area contributed by atoms with Gasteiger partial charge in [-0.2, -0.15) is 0 Å². The summed E-state index contributed by atoms with van der Waals surface area (Å²) in [7, 11) is 0. The van der Waals surface area contributed by atoms with E-state index < -0.39 is 0 Å². The Morgan fingerprint density at radius 3 is 2.39 bits per heavy atom. The third-order valence-electron chi connectivity index (χ3n) is 2.11. The molecule has 0 aliphatic carbocycles. The third kappa shape index (κ3) is 5.39.